The summed E-state index contributed by atoms with van der Waals surface area (Å²) in [7, 11) is 0. The van der Waals surface area contributed by atoms with Crippen LogP contribution in [0, 0.1) is 16.6 Å². The lowest BCUT2D eigenvalue weighted by atomic mass is 9.65. The highest BCUT2D eigenvalue weighted by atomic mass is 19.1. The van der Waals surface area contributed by atoms with Crippen molar-refractivity contribution in [1.82, 2.24) is 4.90 Å². The summed E-state index contributed by atoms with van der Waals surface area (Å²) < 4.78 is 12.9. The van der Waals surface area contributed by atoms with Crippen LogP contribution in [0.25, 0.3) is 0 Å². The van der Waals surface area contributed by atoms with Gasteiger partial charge in [-0.15, -0.1) is 0 Å². The summed E-state index contributed by atoms with van der Waals surface area (Å²) in [5.74, 6) is -1.51. The molecular weight excluding hydrogens is 295 g/mol. The van der Waals surface area contributed by atoms with Gasteiger partial charge in [0.15, 0.2) is 0 Å². The summed E-state index contributed by atoms with van der Waals surface area (Å²) in [6.45, 7) is 7.29. The third kappa shape index (κ3) is 3.23. The fraction of sp³-hybridized carbons (Fsp3) is 0.556. The van der Waals surface area contributed by atoms with Crippen LogP contribution in [0.2, 0.25) is 0 Å². The second-order valence-electron chi connectivity index (χ2n) is 8.11. The molecule has 124 valence electrons. The number of likely N-dealkylation sites (tertiary alicyclic amines) is 1. The number of hydrogen-bond donors (Lipinski definition) is 1. The van der Waals surface area contributed by atoms with E-state index in [0.717, 1.165) is 19.3 Å². The van der Waals surface area contributed by atoms with E-state index in [2.05, 4.69) is 26.1 Å². The first-order chi connectivity index (χ1) is 10.7. The summed E-state index contributed by atoms with van der Waals surface area (Å²) in [4.78, 5) is 26.5. The van der Waals surface area contributed by atoms with Crippen molar-refractivity contribution in [2.45, 2.75) is 46.1 Å². The fourth-order valence-corrected chi connectivity index (χ4v) is 4.55. The number of carbonyl (C=O) groups is 2. The maximum absolute atomic E-state index is 12.9. The molecule has 2 bridgehead atoms. The normalized spacial score (nSPS) is 28.5. The van der Waals surface area contributed by atoms with Gasteiger partial charge in [-0.25, -0.2) is 4.39 Å². The molecule has 4 nitrogen and oxygen atoms in total. The SMILES string of the molecule is CC1(C)CC2CC(C)(CN2C(=O)C(=O)Nc2ccc(F)cc2)C1. The monoisotopic (exact) mass is 318 g/mol. The van der Waals surface area contributed by atoms with E-state index < -0.39 is 11.8 Å². The largest absolute Gasteiger partial charge is 0.331 e. The molecule has 0 radical (unpaired) electrons. The Kier molecular flexibility index (Phi) is 3.69. The second-order valence-corrected chi connectivity index (χ2v) is 8.11. The third-order valence-electron chi connectivity index (χ3n) is 4.97. The molecule has 1 aliphatic heterocycles. The van der Waals surface area contributed by atoms with Gasteiger partial charge < -0.3 is 10.2 Å². The lowest BCUT2D eigenvalue weighted by Gasteiger charge is -2.39. The summed E-state index contributed by atoms with van der Waals surface area (Å²) in [5, 5.41) is 2.56. The molecule has 1 N–H and O–H groups in total. The zero-order valence-corrected chi connectivity index (χ0v) is 13.9. The molecule has 0 aromatic heterocycles. The fourth-order valence-electron chi connectivity index (χ4n) is 4.55. The molecule has 5 heteroatoms. The molecule has 3 rings (SSSR count). The molecule has 2 amide bonds. The number of rotatable bonds is 1. The molecule has 2 fully saturated rings. The van der Waals surface area contributed by atoms with Gasteiger partial charge in [0.1, 0.15) is 5.82 Å². The number of nitrogens with one attached hydrogen (secondary N) is 1. The molecule has 2 unspecified atom stereocenters. The summed E-state index contributed by atoms with van der Waals surface area (Å²) >= 11 is 0. The van der Waals surface area contributed by atoms with Gasteiger partial charge in [0.2, 0.25) is 0 Å². The minimum Gasteiger partial charge on any atom is -0.331 e. The number of anilines is 1. The van der Waals surface area contributed by atoms with E-state index in [1.54, 1.807) is 4.90 Å². The molecule has 2 aliphatic rings. The van der Waals surface area contributed by atoms with Gasteiger partial charge in [-0.05, 0) is 54.4 Å². The van der Waals surface area contributed by atoms with Crippen molar-refractivity contribution >= 4 is 17.5 Å². The summed E-state index contributed by atoms with van der Waals surface area (Å²) in [5.41, 5.74) is 0.719. The van der Waals surface area contributed by atoms with E-state index in [1.807, 2.05) is 0 Å². The highest BCUT2D eigenvalue weighted by Crippen LogP contribution is 2.52. The zero-order chi connectivity index (χ0) is 16.8. The zero-order valence-electron chi connectivity index (χ0n) is 13.9. The van der Waals surface area contributed by atoms with Crippen LogP contribution in [-0.2, 0) is 9.59 Å². The standard InChI is InChI=1S/C18H23FN2O2/c1-17(2)8-14-9-18(3,10-17)11-21(14)16(23)15(22)20-13-6-4-12(19)5-7-13/h4-7,14H,8-11H2,1-3H3,(H,20,22). The molecule has 1 saturated carbocycles. The van der Waals surface area contributed by atoms with Crippen molar-refractivity contribution in [3.63, 3.8) is 0 Å². The van der Waals surface area contributed by atoms with Crippen LogP contribution in [0.5, 0.6) is 0 Å². The molecule has 2 atom stereocenters. The lowest BCUT2D eigenvalue weighted by Crippen LogP contribution is -2.43. The third-order valence-corrected chi connectivity index (χ3v) is 4.97. The topological polar surface area (TPSA) is 49.4 Å². The first-order valence-electron chi connectivity index (χ1n) is 8.05. The molecule has 23 heavy (non-hydrogen) atoms. The Morgan fingerprint density at radius 1 is 1.17 bits per heavy atom. The summed E-state index contributed by atoms with van der Waals surface area (Å²) in [6, 6.07) is 5.55. The molecular formula is C18H23FN2O2. The molecule has 1 aromatic rings. The van der Waals surface area contributed by atoms with Gasteiger partial charge in [0.25, 0.3) is 0 Å². The van der Waals surface area contributed by atoms with E-state index in [4.69, 9.17) is 0 Å². The molecule has 1 aliphatic carbocycles. The van der Waals surface area contributed by atoms with E-state index >= 15 is 0 Å². The van der Waals surface area contributed by atoms with Crippen LogP contribution < -0.4 is 5.32 Å². The molecule has 1 heterocycles. The smallest absolute Gasteiger partial charge is 0.313 e. The molecule has 1 saturated heterocycles. The van der Waals surface area contributed by atoms with Crippen LogP contribution in [0.3, 0.4) is 0 Å². The maximum Gasteiger partial charge on any atom is 0.313 e. The van der Waals surface area contributed by atoms with E-state index in [0.29, 0.717) is 12.2 Å². The van der Waals surface area contributed by atoms with Crippen LogP contribution in [0.1, 0.15) is 40.0 Å². The number of benzene rings is 1. The van der Waals surface area contributed by atoms with Crippen LogP contribution in [-0.4, -0.2) is 29.3 Å². The number of hydrogen-bond acceptors (Lipinski definition) is 2. The summed E-state index contributed by atoms with van der Waals surface area (Å²) in [6.07, 6.45) is 2.96. The van der Waals surface area contributed by atoms with Crippen LogP contribution >= 0.6 is 0 Å². The Labute approximate surface area is 136 Å². The number of amides is 2. The number of nitrogens with zero attached hydrogens (tertiary/aromatic N) is 1. The highest BCUT2D eigenvalue weighted by Gasteiger charge is 2.51. The van der Waals surface area contributed by atoms with Crippen molar-refractivity contribution in [2.75, 3.05) is 11.9 Å². The van der Waals surface area contributed by atoms with E-state index in [-0.39, 0.29) is 22.7 Å². The number of carbonyl (C=O) groups excluding carboxylic acids is 2. The first-order valence-corrected chi connectivity index (χ1v) is 8.05. The quantitative estimate of drug-likeness (QED) is 0.809. The van der Waals surface area contributed by atoms with Crippen molar-refractivity contribution in [2.24, 2.45) is 10.8 Å². The predicted molar refractivity (Wildman–Crippen MR) is 86.3 cm³/mol. The van der Waals surface area contributed by atoms with Crippen molar-refractivity contribution in [3.05, 3.63) is 30.1 Å². The average Bonchev–Trinajstić information content (AvgIpc) is 2.69. The number of fused-ring (bicyclic) bond motifs is 2. The minimum absolute atomic E-state index is 0.0955. The Morgan fingerprint density at radius 3 is 2.48 bits per heavy atom. The Morgan fingerprint density at radius 2 is 1.83 bits per heavy atom. The van der Waals surface area contributed by atoms with Gasteiger partial charge >= 0.3 is 11.8 Å². The van der Waals surface area contributed by atoms with Crippen LogP contribution in [0.15, 0.2) is 24.3 Å². The Bertz CT molecular complexity index is 641. The van der Waals surface area contributed by atoms with Crippen molar-refractivity contribution in [3.8, 4) is 0 Å². The van der Waals surface area contributed by atoms with Gasteiger partial charge in [0.05, 0.1) is 0 Å². The van der Waals surface area contributed by atoms with Gasteiger partial charge in [-0.3, -0.25) is 9.59 Å². The van der Waals surface area contributed by atoms with Gasteiger partial charge in [-0.1, -0.05) is 20.8 Å². The Hall–Kier alpha value is -1.91. The van der Waals surface area contributed by atoms with E-state index in [9.17, 15) is 14.0 Å². The maximum atomic E-state index is 12.9. The Balaban J connectivity index is 1.71. The lowest BCUT2D eigenvalue weighted by molar-refractivity contribution is -0.144. The van der Waals surface area contributed by atoms with Crippen molar-refractivity contribution < 1.29 is 14.0 Å². The molecule has 1 aromatic carbocycles. The van der Waals surface area contributed by atoms with Gasteiger partial charge in [0, 0.05) is 18.3 Å². The molecule has 0 spiro atoms. The van der Waals surface area contributed by atoms with Gasteiger partial charge in [-0.2, -0.15) is 0 Å². The second kappa shape index (κ2) is 5.32. The first kappa shape index (κ1) is 16.0. The average molecular weight is 318 g/mol. The van der Waals surface area contributed by atoms with Crippen molar-refractivity contribution in [1.29, 1.82) is 0 Å². The predicted octanol–water partition coefficient (Wildman–Crippen LogP) is 3.19. The van der Waals surface area contributed by atoms with E-state index in [1.165, 1.54) is 24.3 Å². The van der Waals surface area contributed by atoms with Crippen LogP contribution in [0.4, 0.5) is 10.1 Å². The minimum atomic E-state index is -0.648. The number of halogens is 1. The highest BCUT2D eigenvalue weighted by molar-refractivity contribution is 6.39.